The predicted octanol–water partition coefficient (Wildman–Crippen LogP) is 3.15. The first kappa shape index (κ1) is 12.9. The summed E-state index contributed by atoms with van der Waals surface area (Å²) in [5.74, 6) is 0. The molecule has 0 atom stereocenters. The smallest absolute Gasteiger partial charge is 0.0353 e. The van der Waals surface area contributed by atoms with Crippen molar-refractivity contribution in [2.45, 2.75) is 52.4 Å². The van der Waals surface area contributed by atoms with E-state index in [4.69, 9.17) is 0 Å². The van der Waals surface area contributed by atoms with E-state index in [0.29, 0.717) is 0 Å². The summed E-state index contributed by atoms with van der Waals surface area (Å²) in [5.41, 5.74) is 0. The van der Waals surface area contributed by atoms with Gasteiger partial charge in [-0.15, -0.1) is 0 Å². The molecular weight excluding hydrogens is 208 g/mol. The molecule has 12 heavy (non-hydrogen) atoms. The lowest BCUT2D eigenvalue weighted by atomic mass is 11.8. The van der Waals surface area contributed by atoms with Crippen molar-refractivity contribution in [1.29, 1.82) is 0 Å². The summed E-state index contributed by atoms with van der Waals surface area (Å²) in [5, 5.41) is 0. The Labute approximate surface area is 83.4 Å². The van der Waals surface area contributed by atoms with Gasteiger partial charge < -0.3 is 0 Å². The van der Waals surface area contributed by atoms with Crippen molar-refractivity contribution in [1.82, 2.24) is 0 Å². The molecule has 0 N–H and O–H groups in total. The second kappa shape index (κ2) is 3.55. The van der Waals surface area contributed by atoms with Crippen LogP contribution >= 0.6 is 0 Å². The molecule has 0 bridgehead atoms. The number of hydrogen-bond acceptors (Lipinski definition) is 0. The zero-order chi connectivity index (χ0) is 10.2. The fourth-order valence-corrected chi connectivity index (χ4v) is 47.2. The lowest BCUT2D eigenvalue weighted by molar-refractivity contribution is 1.75. The van der Waals surface area contributed by atoms with Crippen LogP contribution in [0.2, 0.25) is 52.4 Å². The average molecular weight is 233 g/mol. The Morgan fingerprint density at radius 2 is 1.08 bits per heavy atom. The Kier molecular flexibility index (Phi) is 3.81. The SMILES string of the molecule is C[Si][Si](C)(C)[Si](C)(C)[Si](C)(C)C. The minimum atomic E-state index is -0.842. The monoisotopic (exact) mass is 232 g/mol. The third kappa shape index (κ3) is 2.21. The van der Waals surface area contributed by atoms with Crippen molar-refractivity contribution >= 4 is 30.8 Å². The van der Waals surface area contributed by atoms with E-state index in [-0.39, 0.29) is 0 Å². The molecule has 0 aromatic heterocycles. The quantitative estimate of drug-likeness (QED) is 0.656. The topological polar surface area (TPSA) is 0 Å². The van der Waals surface area contributed by atoms with Crippen molar-refractivity contribution in [3.05, 3.63) is 0 Å². The minimum absolute atomic E-state index is 0.812. The zero-order valence-electron chi connectivity index (χ0n) is 10.0. The minimum Gasteiger partial charge on any atom is -0.0756 e. The predicted molar refractivity (Wildman–Crippen MR) is 69.9 cm³/mol. The summed E-state index contributed by atoms with van der Waals surface area (Å²) in [6.07, 6.45) is 0. The van der Waals surface area contributed by atoms with Gasteiger partial charge in [0.05, 0.1) is 0 Å². The summed E-state index contributed by atoms with van der Waals surface area (Å²) >= 11 is 0. The van der Waals surface area contributed by atoms with Crippen molar-refractivity contribution in [2.75, 3.05) is 0 Å². The van der Waals surface area contributed by atoms with Crippen LogP contribution in [0.3, 0.4) is 0 Å². The van der Waals surface area contributed by atoms with Gasteiger partial charge in [-0.25, -0.2) is 0 Å². The molecule has 2 radical (unpaired) electrons. The van der Waals surface area contributed by atoms with Gasteiger partial charge in [-0.05, 0) is 0 Å². The first-order valence-corrected chi connectivity index (χ1v) is 18.8. The van der Waals surface area contributed by atoms with Crippen LogP contribution in [-0.4, -0.2) is 30.8 Å². The summed E-state index contributed by atoms with van der Waals surface area (Å²) in [4.78, 5) is 0. The second-order valence-corrected chi connectivity index (χ2v) is 41.2. The van der Waals surface area contributed by atoms with Gasteiger partial charge in [0.1, 0.15) is 0 Å². The Hall–Kier alpha value is 0.868. The van der Waals surface area contributed by atoms with Crippen LogP contribution in [0.5, 0.6) is 0 Å². The molecule has 0 rings (SSSR count). The maximum absolute atomic E-state index is 2.65. The molecule has 0 nitrogen and oxygen atoms in total. The van der Waals surface area contributed by atoms with Gasteiger partial charge in [0, 0.05) is 30.8 Å². The van der Waals surface area contributed by atoms with Crippen LogP contribution in [0, 0.1) is 0 Å². The molecule has 0 heterocycles. The van der Waals surface area contributed by atoms with Gasteiger partial charge in [0.2, 0.25) is 0 Å². The Morgan fingerprint density at radius 3 is 1.17 bits per heavy atom. The zero-order valence-corrected chi connectivity index (χ0v) is 14.0. The number of hydrogen-bond donors (Lipinski definition) is 0. The molecule has 0 saturated heterocycles. The van der Waals surface area contributed by atoms with E-state index in [1.807, 2.05) is 0 Å². The summed E-state index contributed by atoms with van der Waals surface area (Å²) < 4.78 is 0. The van der Waals surface area contributed by atoms with Crippen molar-refractivity contribution in [3.63, 3.8) is 0 Å². The highest BCUT2D eigenvalue weighted by Crippen LogP contribution is 2.27. The van der Waals surface area contributed by atoms with Crippen molar-refractivity contribution in [2.24, 2.45) is 0 Å². The standard InChI is InChI=1S/C8H24Si4/c1-9-11(5,6)12(7,8)10(2,3)4/h1-8H3. The van der Waals surface area contributed by atoms with Crippen LogP contribution in [-0.2, 0) is 0 Å². The Morgan fingerprint density at radius 1 is 0.750 bits per heavy atom. The van der Waals surface area contributed by atoms with Crippen LogP contribution in [0.1, 0.15) is 0 Å². The molecule has 0 spiro atoms. The molecule has 0 saturated carbocycles. The third-order valence-electron chi connectivity index (χ3n) is 4.06. The van der Waals surface area contributed by atoms with Crippen LogP contribution in [0.25, 0.3) is 0 Å². The average Bonchev–Trinajstić information content (AvgIpc) is 1.85. The van der Waals surface area contributed by atoms with Crippen LogP contribution in [0.4, 0.5) is 0 Å². The van der Waals surface area contributed by atoms with E-state index in [0.717, 1.165) is 0 Å². The molecule has 0 aliphatic heterocycles. The van der Waals surface area contributed by atoms with Crippen LogP contribution in [0.15, 0.2) is 0 Å². The highest BCUT2D eigenvalue weighted by molar-refractivity contribution is 7.78. The molecule has 0 unspecified atom stereocenters. The fraction of sp³-hybridized carbons (Fsp3) is 1.00. The maximum Gasteiger partial charge on any atom is 0.0353 e. The largest absolute Gasteiger partial charge is 0.0756 e. The van der Waals surface area contributed by atoms with E-state index in [9.17, 15) is 0 Å². The molecule has 0 aromatic carbocycles. The molecule has 0 aliphatic rings. The molecule has 0 aliphatic carbocycles. The van der Waals surface area contributed by atoms with E-state index < -0.39 is 21.8 Å². The third-order valence-corrected chi connectivity index (χ3v) is 59.1. The lowest BCUT2D eigenvalue weighted by Gasteiger charge is -2.46. The van der Waals surface area contributed by atoms with Crippen molar-refractivity contribution in [3.8, 4) is 0 Å². The Bertz CT molecular complexity index is 155. The highest BCUT2D eigenvalue weighted by Gasteiger charge is 2.48. The van der Waals surface area contributed by atoms with E-state index in [2.05, 4.69) is 52.4 Å². The maximum atomic E-state index is 2.65. The first-order valence-electron chi connectivity index (χ1n) is 4.75. The van der Waals surface area contributed by atoms with Gasteiger partial charge in [-0.2, -0.15) is 0 Å². The van der Waals surface area contributed by atoms with E-state index >= 15 is 0 Å². The Balaban J connectivity index is 4.85. The summed E-state index contributed by atoms with van der Waals surface area (Å²) in [6.45, 7) is 20.7. The normalized spacial score (nSPS) is 15.0. The fourth-order valence-electron chi connectivity index (χ4n) is 1.25. The molecule has 0 amide bonds. The van der Waals surface area contributed by atoms with Gasteiger partial charge in [-0.1, -0.05) is 52.4 Å². The van der Waals surface area contributed by atoms with Gasteiger partial charge in [0.15, 0.2) is 0 Å². The molecule has 72 valence electrons. The molecule has 0 fully saturated rings. The summed E-state index contributed by atoms with van der Waals surface area (Å²) in [7, 11) is -1.24. The second-order valence-electron chi connectivity index (χ2n) is 5.75. The van der Waals surface area contributed by atoms with Crippen LogP contribution < -0.4 is 0 Å². The highest BCUT2D eigenvalue weighted by atomic mass is 29.8. The molecular formula is C8H24Si4. The first-order chi connectivity index (χ1) is 5.06. The number of rotatable bonds is 3. The van der Waals surface area contributed by atoms with Crippen molar-refractivity contribution < 1.29 is 0 Å². The van der Waals surface area contributed by atoms with Gasteiger partial charge in [0.25, 0.3) is 0 Å². The molecule has 0 aromatic rings. The van der Waals surface area contributed by atoms with Gasteiger partial charge in [-0.3, -0.25) is 0 Å². The lowest BCUT2D eigenvalue weighted by Crippen LogP contribution is -2.71. The molecule has 4 heteroatoms. The van der Waals surface area contributed by atoms with Gasteiger partial charge >= 0.3 is 0 Å². The van der Waals surface area contributed by atoms with E-state index in [1.165, 1.54) is 9.04 Å². The summed E-state index contributed by atoms with van der Waals surface area (Å²) in [6, 6.07) is 0. The van der Waals surface area contributed by atoms with E-state index in [1.54, 1.807) is 0 Å².